The van der Waals surface area contributed by atoms with Crippen LogP contribution in [-0.4, -0.2) is 42.0 Å². The second kappa shape index (κ2) is 8.40. The van der Waals surface area contributed by atoms with E-state index in [0.29, 0.717) is 18.2 Å². The molecular formula is C19H25FN4O3S. The summed E-state index contributed by atoms with van der Waals surface area (Å²) in [4.78, 5) is 12.3. The summed E-state index contributed by atoms with van der Waals surface area (Å²) in [5, 5.41) is 7.16. The van der Waals surface area contributed by atoms with Gasteiger partial charge in [-0.2, -0.15) is 5.10 Å². The Bertz CT molecular complexity index is 923. The molecule has 0 spiro atoms. The number of hydrogen-bond acceptors (Lipinski definition) is 4. The highest BCUT2D eigenvalue weighted by Crippen LogP contribution is 2.40. The largest absolute Gasteiger partial charge is 0.311 e. The molecular weight excluding hydrogens is 383 g/mol. The number of hydrogen-bond donors (Lipinski definition) is 1. The Kier molecular flexibility index (Phi) is 6.14. The zero-order valence-electron chi connectivity index (χ0n) is 16.0. The summed E-state index contributed by atoms with van der Waals surface area (Å²) in [6, 6.07) is 6.70. The Morgan fingerprint density at radius 1 is 1.32 bits per heavy atom. The summed E-state index contributed by atoms with van der Waals surface area (Å²) in [7, 11) is -2.26. The van der Waals surface area contributed by atoms with E-state index >= 15 is 0 Å². The minimum Gasteiger partial charge on any atom is -0.311 e. The molecule has 0 bridgehead atoms. The SMILES string of the molecule is CC(C1CC1)n1nccc1NC(=O)CCCN(C)S(=O)(=O)c1ccc(F)cc1. The Balaban J connectivity index is 1.50. The van der Waals surface area contributed by atoms with Crippen LogP contribution in [0.2, 0.25) is 0 Å². The molecule has 1 unspecified atom stereocenters. The van der Waals surface area contributed by atoms with Crippen LogP contribution in [0.5, 0.6) is 0 Å². The predicted octanol–water partition coefficient (Wildman–Crippen LogP) is 3.03. The minimum absolute atomic E-state index is 0.0267. The van der Waals surface area contributed by atoms with Crippen molar-refractivity contribution >= 4 is 21.7 Å². The van der Waals surface area contributed by atoms with Crippen LogP contribution in [0.15, 0.2) is 41.4 Å². The molecule has 1 N–H and O–H groups in total. The van der Waals surface area contributed by atoms with Gasteiger partial charge in [0.1, 0.15) is 11.6 Å². The maximum absolute atomic E-state index is 13.0. The van der Waals surface area contributed by atoms with E-state index in [1.807, 2.05) is 4.68 Å². The summed E-state index contributed by atoms with van der Waals surface area (Å²) in [6.07, 6.45) is 4.59. The van der Waals surface area contributed by atoms with Crippen LogP contribution in [0.1, 0.15) is 38.6 Å². The Labute approximate surface area is 164 Å². The van der Waals surface area contributed by atoms with Crippen LogP contribution < -0.4 is 5.32 Å². The fourth-order valence-electron chi connectivity index (χ4n) is 3.09. The third kappa shape index (κ3) is 4.77. The molecule has 1 aromatic heterocycles. The molecule has 2 aromatic rings. The summed E-state index contributed by atoms with van der Waals surface area (Å²) in [5.74, 6) is 0.600. The van der Waals surface area contributed by atoms with Crippen molar-refractivity contribution in [1.29, 1.82) is 0 Å². The lowest BCUT2D eigenvalue weighted by atomic mass is 10.2. The van der Waals surface area contributed by atoms with Gasteiger partial charge in [-0.3, -0.25) is 4.79 Å². The van der Waals surface area contributed by atoms with Crippen LogP contribution >= 0.6 is 0 Å². The van der Waals surface area contributed by atoms with E-state index in [1.54, 1.807) is 12.3 Å². The Morgan fingerprint density at radius 2 is 2.00 bits per heavy atom. The highest BCUT2D eigenvalue weighted by molar-refractivity contribution is 7.89. The minimum atomic E-state index is -3.70. The van der Waals surface area contributed by atoms with E-state index < -0.39 is 15.8 Å². The summed E-state index contributed by atoms with van der Waals surface area (Å²) < 4.78 is 40.9. The first-order chi connectivity index (χ1) is 13.3. The Hall–Kier alpha value is -2.26. The van der Waals surface area contributed by atoms with Crippen molar-refractivity contribution in [2.75, 3.05) is 18.9 Å². The summed E-state index contributed by atoms with van der Waals surface area (Å²) >= 11 is 0. The first-order valence-corrected chi connectivity index (χ1v) is 10.8. The van der Waals surface area contributed by atoms with Crippen LogP contribution in [0.4, 0.5) is 10.2 Å². The molecule has 9 heteroatoms. The molecule has 0 radical (unpaired) electrons. The van der Waals surface area contributed by atoms with Crippen LogP contribution in [0.3, 0.4) is 0 Å². The molecule has 1 atom stereocenters. The van der Waals surface area contributed by atoms with Crippen LogP contribution in [0, 0.1) is 11.7 Å². The highest BCUT2D eigenvalue weighted by Gasteiger charge is 2.30. The molecule has 28 heavy (non-hydrogen) atoms. The first-order valence-electron chi connectivity index (χ1n) is 9.34. The molecule has 3 rings (SSSR count). The lowest BCUT2D eigenvalue weighted by Crippen LogP contribution is -2.28. The van der Waals surface area contributed by atoms with Gasteiger partial charge in [0.25, 0.3) is 0 Å². The number of benzene rings is 1. The van der Waals surface area contributed by atoms with Crippen molar-refractivity contribution in [2.45, 2.75) is 43.5 Å². The van der Waals surface area contributed by atoms with Gasteiger partial charge in [-0.25, -0.2) is 21.8 Å². The van der Waals surface area contributed by atoms with E-state index in [-0.39, 0.29) is 29.8 Å². The monoisotopic (exact) mass is 408 g/mol. The number of halogens is 1. The molecule has 1 amide bonds. The van der Waals surface area contributed by atoms with Crippen molar-refractivity contribution in [2.24, 2.45) is 5.92 Å². The number of anilines is 1. The Morgan fingerprint density at radius 3 is 2.64 bits per heavy atom. The third-order valence-corrected chi connectivity index (χ3v) is 6.90. The maximum Gasteiger partial charge on any atom is 0.242 e. The fourth-order valence-corrected chi connectivity index (χ4v) is 4.30. The van der Waals surface area contributed by atoms with Gasteiger partial charge >= 0.3 is 0 Å². The number of carbonyl (C=O) groups excluding carboxylic acids is 1. The number of rotatable bonds is 9. The van der Waals surface area contributed by atoms with Crippen LogP contribution in [0.25, 0.3) is 0 Å². The average Bonchev–Trinajstić information content (AvgIpc) is 3.41. The van der Waals surface area contributed by atoms with Crippen molar-refractivity contribution in [1.82, 2.24) is 14.1 Å². The second-order valence-corrected chi connectivity index (χ2v) is 9.22. The normalized spacial score (nSPS) is 15.6. The van der Waals surface area contributed by atoms with Gasteiger partial charge in [0.05, 0.1) is 17.1 Å². The molecule has 1 aliphatic rings. The molecule has 7 nitrogen and oxygen atoms in total. The standard InChI is InChI=1S/C19H25FN4O3S/c1-14(15-5-6-15)24-18(11-12-21-24)22-19(25)4-3-13-23(2)28(26,27)17-9-7-16(20)8-10-17/h7-12,14-15H,3-6,13H2,1-2H3,(H,22,25). The van der Waals surface area contributed by atoms with Crippen molar-refractivity contribution in [3.05, 3.63) is 42.3 Å². The van der Waals surface area contributed by atoms with Gasteiger partial charge in [-0.15, -0.1) is 0 Å². The van der Waals surface area contributed by atoms with Gasteiger partial charge in [0.2, 0.25) is 15.9 Å². The lowest BCUT2D eigenvalue weighted by Gasteiger charge is -2.17. The number of nitrogens with one attached hydrogen (secondary N) is 1. The summed E-state index contributed by atoms with van der Waals surface area (Å²) in [6.45, 7) is 2.28. The van der Waals surface area contributed by atoms with Gasteiger partial charge in [-0.1, -0.05) is 0 Å². The van der Waals surface area contributed by atoms with Gasteiger partial charge in [0, 0.05) is 26.1 Å². The molecule has 0 saturated heterocycles. The average molecular weight is 408 g/mol. The molecule has 152 valence electrons. The van der Waals surface area contributed by atoms with E-state index in [2.05, 4.69) is 17.3 Å². The zero-order valence-corrected chi connectivity index (χ0v) is 16.8. The molecule has 1 aromatic carbocycles. The number of nitrogens with zero attached hydrogens (tertiary/aromatic N) is 3. The number of carbonyl (C=O) groups is 1. The topological polar surface area (TPSA) is 84.3 Å². The number of aromatic nitrogens is 2. The predicted molar refractivity (Wildman–Crippen MR) is 104 cm³/mol. The molecule has 1 fully saturated rings. The van der Waals surface area contributed by atoms with Crippen molar-refractivity contribution in [3.8, 4) is 0 Å². The number of amides is 1. The third-order valence-electron chi connectivity index (χ3n) is 5.03. The summed E-state index contributed by atoms with van der Waals surface area (Å²) in [5.41, 5.74) is 0. The van der Waals surface area contributed by atoms with E-state index in [1.165, 1.54) is 36.3 Å². The molecule has 1 aliphatic carbocycles. The van der Waals surface area contributed by atoms with Gasteiger partial charge in [0.15, 0.2) is 0 Å². The molecule has 1 saturated carbocycles. The lowest BCUT2D eigenvalue weighted by molar-refractivity contribution is -0.116. The van der Waals surface area contributed by atoms with Crippen molar-refractivity contribution in [3.63, 3.8) is 0 Å². The van der Waals surface area contributed by atoms with Gasteiger partial charge in [-0.05, 0) is 56.4 Å². The first kappa shape index (κ1) is 20.5. The zero-order chi connectivity index (χ0) is 20.3. The highest BCUT2D eigenvalue weighted by atomic mass is 32.2. The van der Waals surface area contributed by atoms with Crippen LogP contribution in [-0.2, 0) is 14.8 Å². The van der Waals surface area contributed by atoms with E-state index in [4.69, 9.17) is 0 Å². The van der Waals surface area contributed by atoms with Crippen molar-refractivity contribution < 1.29 is 17.6 Å². The fraction of sp³-hybridized carbons (Fsp3) is 0.474. The number of sulfonamides is 1. The maximum atomic E-state index is 13.0. The molecule has 1 heterocycles. The molecule has 0 aliphatic heterocycles. The smallest absolute Gasteiger partial charge is 0.242 e. The van der Waals surface area contributed by atoms with E-state index in [9.17, 15) is 17.6 Å². The quantitative estimate of drug-likeness (QED) is 0.691. The van der Waals surface area contributed by atoms with E-state index in [0.717, 1.165) is 12.1 Å². The second-order valence-electron chi connectivity index (χ2n) is 7.17. The van der Waals surface area contributed by atoms with Gasteiger partial charge < -0.3 is 5.32 Å².